The maximum Gasteiger partial charge on any atom is 0.137 e. The summed E-state index contributed by atoms with van der Waals surface area (Å²) >= 11 is 1.85. The van der Waals surface area contributed by atoms with E-state index in [-0.39, 0.29) is 0 Å². The summed E-state index contributed by atoms with van der Waals surface area (Å²) in [6, 6.07) is 40.5. The molecule has 2 heterocycles. The van der Waals surface area contributed by atoms with E-state index < -0.39 is 0 Å². The van der Waals surface area contributed by atoms with Gasteiger partial charge in [-0.3, -0.25) is 0 Å². The van der Waals surface area contributed by atoms with Gasteiger partial charge >= 0.3 is 0 Å². The first-order chi connectivity index (χ1) is 16.4. The Morgan fingerprint density at radius 2 is 1.12 bits per heavy atom. The van der Waals surface area contributed by atoms with Crippen LogP contribution in [0.25, 0.3) is 42.1 Å². The number of thiophene rings is 1. The van der Waals surface area contributed by atoms with Crippen molar-refractivity contribution in [1.82, 2.24) is 0 Å². The molecule has 7 aromatic rings. The zero-order valence-corrected chi connectivity index (χ0v) is 18.5. The van der Waals surface area contributed by atoms with Crippen molar-refractivity contribution in [2.24, 2.45) is 0 Å². The lowest BCUT2D eigenvalue weighted by Gasteiger charge is -2.27. The lowest BCUT2D eigenvalue weighted by Crippen LogP contribution is -2.10. The Hall–Kier alpha value is -4.08. The predicted octanol–water partition coefficient (Wildman–Crippen LogP) is 9.42. The van der Waals surface area contributed by atoms with Crippen molar-refractivity contribution in [2.75, 3.05) is 4.90 Å². The van der Waals surface area contributed by atoms with E-state index in [1.165, 1.54) is 25.9 Å². The molecule has 0 unspecified atom stereocenters. The molecule has 0 saturated heterocycles. The molecule has 33 heavy (non-hydrogen) atoms. The van der Waals surface area contributed by atoms with E-state index in [0.29, 0.717) is 0 Å². The number of anilines is 3. The highest BCUT2D eigenvalue weighted by Crippen LogP contribution is 2.47. The Balaban J connectivity index is 1.62. The molecular weight excluding hydrogens is 422 g/mol. The molecule has 0 amide bonds. The van der Waals surface area contributed by atoms with Crippen LogP contribution in [0.1, 0.15) is 0 Å². The fraction of sp³-hybridized carbons (Fsp3) is 0. The fourth-order valence-corrected chi connectivity index (χ4v) is 6.00. The quantitative estimate of drug-likeness (QED) is 0.271. The summed E-state index contributed by atoms with van der Waals surface area (Å²) in [6.45, 7) is 0. The van der Waals surface area contributed by atoms with Crippen molar-refractivity contribution in [3.63, 3.8) is 0 Å². The Morgan fingerprint density at radius 1 is 0.485 bits per heavy atom. The molecule has 5 aromatic carbocycles. The third-order valence-corrected chi connectivity index (χ3v) is 7.39. The molecule has 156 valence electrons. The van der Waals surface area contributed by atoms with Crippen LogP contribution in [0.4, 0.5) is 17.1 Å². The van der Waals surface area contributed by atoms with Crippen molar-refractivity contribution in [3.05, 3.63) is 115 Å². The van der Waals surface area contributed by atoms with Gasteiger partial charge in [0.05, 0.1) is 16.8 Å². The minimum atomic E-state index is 0.900. The number of fused-ring (bicyclic) bond motifs is 6. The van der Waals surface area contributed by atoms with Gasteiger partial charge in [0.1, 0.15) is 11.2 Å². The van der Waals surface area contributed by atoms with E-state index in [4.69, 9.17) is 4.42 Å². The van der Waals surface area contributed by atoms with Gasteiger partial charge in [0.25, 0.3) is 0 Å². The molecule has 0 bridgehead atoms. The molecule has 0 saturated carbocycles. The number of rotatable bonds is 3. The highest BCUT2D eigenvalue weighted by Gasteiger charge is 2.21. The summed E-state index contributed by atoms with van der Waals surface area (Å²) in [5.41, 5.74) is 5.22. The van der Waals surface area contributed by atoms with Gasteiger partial charge in [-0.25, -0.2) is 0 Å². The van der Waals surface area contributed by atoms with Gasteiger partial charge in [-0.05, 0) is 48.5 Å². The van der Waals surface area contributed by atoms with Crippen molar-refractivity contribution in [2.45, 2.75) is 0 Å². The minimum absolute atomic E-state index is 0.900. The number of furan rings is 1. The van der Waals surface area contributed by atoms with E-state index in [9.17, 15) is 0 Å². The van der Waals surface area contributed by atoms with Crippen LogP contribution < -0.4 is 4.90 Å². The molecule has 7 rings (SSSR count). The predicted molar refractivity (Wildman–Crippen MR) is 141 cm³/mol. The van der Waals surface area contributed by atoms with E-state index in [1.54, 1.807) is 0 Å². The molecular formula is C30H19NOS. The topological polar surface area (TPSA) is 16.4 Å². The summed E-state index contributed by atoms with van der Waals surface area (Å²) in [5.74, 6) is 0. The first kappa shape index (κ1) is 18.5. The van der Waals surface area contributed by atoms with Gasteiger partial charge < -0.3 is 9.32 Å². The number of hydrogen-bond acceptors (Lipinski definition) is 3. The Kier molecular flexibility index (Phi) is 4.05. The molecule has 0 fully saturated rings. The molecule has 0 atom stereocenters. The molecule has 0 aliphatic rings. The van der Waals surface area contributed by atoms with E-state index >= 15 is 0 Å². The number of hydrogen-bond donors (Lipinski definition) is 0. The molecule has 0 N–H and O–H groups in total. The number of benzene rings is 5. The molecule has 0 spiro atoms. The Morgan fingerprint density at radius 3 is 2.00 bits per heavy atom. The molecule has 0 radical (unpaired) electrons. The first-order valence-electron chi connectivity index (χ1n) is 11.0. The molecule has 2 aromatic heterocycles. The van der Waals surface area contributed by atoms with Crippen LogP contribution >= 0.6 is 11.3 Å². The van der Waals surface area contributed by atoms with E-state index in [2.05, 4.69) is 108 Å². The summed E-state index contributed by atoms with van der Waals surface area (Å²) in [6.07, 6.45) is 0. The first-order valence-corrected chi connectivity index (χ1v) is 11.9. The summed E-state index contributed by atoms with van der Waals surface area (Å²) in [5, 5.41) is 4.84. The van der Waals surface area contributed by atoms with Gasteiger partial charge in [0.15, 0.2) is 0 Å². The highest BCUT2D eigenvalue weighted by molar-refractivity contribution is 7.26. The summed E-state index contributed by atoms with van der Waals surface area (Å²) in [7, 11) is 0. The lowest BCUT2D eigenvalue weighted by molar-refractivity contribution is 0.669. The SMILES string of the molecule is c1ccc(N(c2cccc3oc4ccccc4c23)c2cccc3sc4ccccc4c23)cc1. The maximum atomic E-state index is 6.23. The second kappa shape index (κ2) is 7.22. The van der Waals surface area contributed by atoms with Crippen LogP contribution in [-0.2, 0) is 0 Å². The smallest absolute Gasteiger partial charge is 0.137 e. The summed E-state index contributed by atoms with van der Waals surface area (Å²) in [4.78, 5) is 2.38. The molecule has 2 nitrogen and oxygen atoms in total. The average Bonchev–Trinajstić information content (AvgIpc) is 3.44. The second-order valence-electron chi connectivity index (χ2n) is 8.17. The van der Waals surface area contributed by atoms with Crippen LogP contribution in [0, 0.1) is 0 Å². The zero-order chi connectivity index (χ0) is 21.8. The summed E-state index contributed by atoms with van der Waals surface area (Å²) < 4.78 is 8.83. The van der Waals surface area contributed by atoms with Gasteiger partial charge in [-0.2, -0.15) is 0 Å². The zero-order valence-electron chi connectivity index (χ0n) is 17.7. The van der Waals surface area contributed by atoms with Gasteiger partial charge in [-0.1, -0.05) is 66.7 Å². The fourth-order valence-electron chi connectivity index (χ4n) is 4.87. The van der Waals surface area contributed by atoms with Gasteiger partial charge in [0, 0.05) is 31.2 Å². The third kappa shape index (κ3) is 2.80. The van der Waals surface area contributed by atoms with E-state index in [0.717, 1.165) is 33.3 Å². The van der Waals surface area contributed by atoms with Crippen LogP contribution in [0.5, 0.6) is 0 Å². The van der Waals surface area contributed by atoms with Crippen molar-refractivity contribution in [1.29, 1.82) is 0 Å². The largest absolute Gasteiger partial charge is 0.456 e. The average molecular weight is 442 g/mol. The standard InChI is InChI=1S/C30H19NOS/c1-2-10-20(11-3-1)31(23-14-8-17-26-29(23)21-12-4-6-16-25(21)32-26)24-15-9-19-28-30(24)22-13-5-7-18-27(22)33-28/h1-19H. The van der Waals surface area contributed by atoms with Gasteiger partial charge in [0.2, 0.25) is 0 Å². The normalized spacial score (nSPS) is 11.6. The van der Waals surface area contributed by atoms with Gasteiger partial charge in [-0.15, -0.1) is 11.3 Å². The van der Waals surface area contributed by atoms with E-state index in [1.807, 2.05) is 23.5 Å². The third-order valence-electron chi connectivity index (χ3n) is 6.26. The highest BCUT2D eigenvalue weighted by atomic mass is 32.1. The molecule has 0 aliphatic heterocycles. The Bertz CT molecular complexity index is 1660. The van der Waals surface area contributed by atoms with Crippen molar-refractivity contribution >= 4 is 70.5 Å². The molecule has 3 heteroatoms. The van der Waals surface area contributed by atoms with Crippen LogP contribution in [0.3, 0.4) is 0 Å². The minimum Gasteiger partial charge on any atom is -0.456 e. The van der Waals surface area contributed by atoms with Crippen molar-refractivity contribution < 1.29 is 4.42 Å². The number of para-hydroxylation sites is 2. The Labute approximate surface area is 194 Å². The monoisotopic (exact) mass is 441 g/mol. The number of nitrogens with zero attached hydrogens (tertiary/aromatic N) is 1. The molecule has 0 aliphatic carbocycles. The lowest BCUT2D eigenvalue weighted by atomic mass is 10.1. The van der Waals surface area contributed by atoms with Crippen LogP contribution in [0.15, 0.2) is 120 Å². The second-order valence-corrected chi connectivity index (χ2v) is 9.25. The van der Waals surface area contributed by atoms with Crippen LogP contribution in [-0.4, -0.2) is 0 Å². The maximum absolute atomic E-state index is 6.23. The van der Waals surface area contributed by atoms with Crippen molar-refractivity contribution in [3.8, 4) is 0 Å². The van der Waals surface area contributed by atoms with Crippen LogP contribution in [0.2, 0.25) is 0 Å².